The van der Waals surface area contributed by atoms with Crippen LogP contribution in [-0.4, -0.2) is 24.3 Å². The summed E-state index contributed by atoms with van der Waals surface area (Å²) >= 11 is 0. The smallest absolute Gasteiger partial charge is 0.354 e. The van der Waals surface area contributed by atoms with E-state index in [1.807, 2.05) is 6.92 Å². The van der Waals surface area contributed by atoms with Crippen molar-refractivity contribution in [2.75, 3.05) is 7.11 Å². The van der Waals surface area contributed by atoms with Crippen molar-refractivity contribution < 1.29 is 14.3 Å². The van der Waals surface area contributed by atoms with Crippen LogP contribution in [0, 0.1) is 6.92 Å². The number of nitrogens with one attached hydrogen (secondary N) is 1. The Bertz CT molecular complexity index is 328. The molecular formula is C9H11NO3. The van der Waals surface area contributed by atoms with E-state index in [-0.39, 0.29) is 0 Å². The minimum Gasteiger partial charge on any atom is -0.464 e. The van der Waals surface area contributed by atoms with Gasteiger partial charge in [-0.3, -0.25) is 0 Å². The first-order chi connectivity index (χ1) is 6.19. The van der Waals surface area contributed by atoms with Gasteiger partial charge in [-0.1, -0.05) is 0 Å². The van der Waals surface area contributed by atoms with Crippen molar-refractivity contribution in [3.8, 4) is 0 Å². The first-order valence-electron chi connectivity index (χ1n) is 3.89. The standard InChI is InChI=1S/C9H11NO3/c1-6-5-8(9(12)13-2)10-7(6)3-4-11/h4-5,10H,3H2,1-2H3. The minimum absolute atomic E-state index is 0.294. The van der Waals surface area contributed by atoms with Crippen molar-refractivity contribution in [3.63, 3.8) is 0 Å². The van der Waals surface area contributed by atoms with Gasteiger partial charge in [-0.05, 0) is 18.6 Å². The summed E-state index contributed by atoms with van der Waals surface area (Å²) in [7, 11) is 1.32. The van der Waals surface area contributed by atoms with Crippen LogP contribution in [0.1, 0.15) is 21.7 Å². The highest BCUT2D eigenvalue weighted by atomic mass is 16.5. The third kappa shape index (κ3) is 1.96. The van der Waals surface area contributed by atoms with Crippen molar-refractivity contribution in [1.29, 1.82) is 0 Å². The van der Waals surface area contributed by atoms with E-state index in [0.29, 0.717) is 12.1 Å². The summed E-state index contributed by atoms with van der Waals surface area (Å²) in [5, 5.41) is 0. The molecule has 0 bridgehead atoms. The van der Waals surface area contributed by atoms with E-state index in [1.54, 1.807) is 6.07 Å². The Hall–Kier alpha value is -1.58. The number of carbonyl (C=O) groups is 2. The van der Waals surface area contributed by atoms with Gasteiger partial charge >= 0.3 is 5.97 Å². The van der Waals surface area contributed by atoms with Crippen LogP contribution in [0.3, 0.4) is 0 Å². The maximum Gasteiger partial charge on any atom is 0.354 e. The number of methoxy groups -OCH3 is 1. The van der Waals surface area contributed by atoms with Gasteiger partial charge in [-0.2, -0.15) is 0 Å². The zero-order chi connectivity index (χ0) is 9.84. The van der Waals surface area contributed by atoms with Crippen LogP contribution in [0.25, 0.3) is 0 Å². The molecular weight excluding hydrogens is 170 g/mol. The molecule has 70 valence electrons. The number of aromatic amines is 1. The highest BCUT2D eigenvalue weighted by Crippen LogP contribution is 2.10. The molecule has 1 heterocycles. The molecule has 1 aromatic heterocycles. The molecule has 0 fully saturated rings. The molecule has 4 nitrogen and oxygen atoms in total. The van der Waals surface area contributed by atoms with E-state index in [9.17, 15) is 9.59 Å². The zero-order valence-electron chi connectivity index (χ0n) is 7.59. The Morgan fingerprint density at radius 2 is 2.38 bits per heavy atom. The van der Waals surface area contributed by atoms with Crippen LogP contribution in [0.5, 0.6) is 0 Å². The Morgan fingerprint density at radius 3 is 2.92 bits per heavy atom. The van der Waals surface area contributed by atoms with Gasteiger partial charge in [-0.25, -0.2) is 4.79 Å². The Labute approximate surface area is 75.9 Å². The predicted molar refractivity (Wildman–Crippen MR) is 46.6 cm³/mol. The van der Waals surface area contributed by atoms with Crippen LogP contribution in [-0.2, 0) is 16.0 Å². The van der Waals surface area contributed by atoms with Crippen LogP contribution < -0.4 is 0 Å². The third-order valence-corrected chi connectivity index (χ3v) is 1.82. The van der Waals surface area contributed by atoms with E-state index in [4.69, 9.17) is 0 Å². The number of aromatic nitrogens is 1. The highest BCUT2D eigenvalue weighted by Gasteiger charge is 2.10. The lowest BCUT2D eigenvalue weighted by molar-refractivity contribution is -0.107. The number of ether oxygens (including phenoxy) is 1. The van der Waals surface area contributed by atoms with Gasteiger partial charge in [0.2, 0.25) is 0 Å². The number of esters is 1. The van der Waals surface area contributed by atoms with Crippen molar-refractivity contribution in [1.82, 2.24) is 4.98 Å². The second-order valence-corrected chi connectivity index (χ2v) is 2.71. The molecule has 0 saturated carbocycles. The lowest BCUT2D eigenvalue weighted by atomic mass is 10.2. The average molecular weight is 181 g/mol. The average Bonchev–Trinajstić information content (AvgIpc) is 2.47. The number of aldehydes is 1. The molecule has 0 radical (unpaired) electrons. The van der Waals surface area contributed by atoms with E-state index in [1.165, 1.54) is 7.11 Å². The number of carbonyl (C=O) groups excluding carboxylic acids is 2. The third-order valence-electron chi connectivity index (χ3n) is 1.82. The summed E-state index contributed by atoms with van der Waals surface area (Å²) in [6.07, 6.45) is 1.09. The molecule has 0 aliphatic carbocycles. The largest absolute Gasteiger partial charge is 0.464 e. The highest BCUT2D eigenvalue weighted by molar-refractivity contribution is 5.87. The van der Waals surface area contributed by atoms with E-state index >= 15 is 0 Å². The van der Waals surface area contributed by atoms with E-state index in [0.717, 1.165) is 17.5 Å². The summed E-state index contributed by atoms with van der Waals surface area (Å²) in [5.41, 5.74) is 2.04. The van der Waals surface area contributed by atoms with E-state index < -0.39 is 5.97 Å². The van der Waals surface area contributed by atoms with Crippen molar-refractivity contribution in [3.05, 3.63) is 23.0 Å². The maximum atomic E-state index is 11.0. The second-order valence-electron chi connectivity index (χ2n) is 2.71. The summed E-state index contributed by atoms with van der Waals surface area (Å²) in [4.78, 5) is 24.1. The lowest BCUT2D eigenvalue weighted by Gasteiger charge is -1.93. The molecule has 1 aromatic rings. The SMILES string of the molecule is COC(=O)c1cc(C)c(CC=O)[nH]1. The molecule has 0 spiro atoms. The molecule has 0 aromatic carbocycles. The molecule has 0 saturated heterocycles. The number of rotatable bonds is 3. The molecule has 1 N–H and O–H groups in total. The van der Waals surface area contributed by atoms with Crippen molar-refractivity contribution in [2.24, 2.45) is 0 Å². The number of hydrogen-bond acceptors (Lipinski definition) is 3. The first kappa shape index (κ1) is 9.51. The molecule has 0 aliphatic rings. The number of aryl methyl sites for hydroxylation is 1. The van der Waals surface area contributed by atoms with Crippen LogP contribution in [0.15, 0.2) is 6.07 Å². The topological polar surface area (TPSA) is 59.2 Å². The summed E-state index contributed by atoms with van der Waals surface area (Å²) < 4.78 is 4.52. The van der Waals surface area contributed by atoms with E-state index in [2.05, 4.69) is 9.72 Å². The van der Waals surface area contributed by atoms with Gasteiger partial charge in [0.05, 0.1) is 7.11 Å². The normalized spacial score (nSPS) is 9.69. The summed E-state index contributed by atoms with van der Waals surface area (Å²) in [5.74, 6) is -0.416. The molecule has 1 rings (SSSR count). The van der Waals surface area contributed by atoms with Crippen LogP contribution in [0.2, 0.25) is 0 Å². The Kier molecular flexibility index (Phi) is 2.84. The first-order valence-corrected chi connectivity index (χ1v) is 3.89. The second kappa shape index (κ2) is 3.89. The van der Waals surface area contributed by atoms with Crippen molar-refractivity contribution in [2.45, 2.75) is 13.3 Å². The predicted octanol–water partition coefficient (Wildman–Crippen LogP) is 0.851. The lowest BCUT2D eigenvalue weighted by Crippen LogP contribution is -2.01. The molecule has 0 amide bonds. The molecule has 0 atom stereocenters. The van der Waals surface area contributed by atoms with Gasteiger partial charge in [0.15, 0.2) is 0 Å². The fourth-order valence-electron chi connectivity index (χ4n) is 1.12. The fourth-order valence-corrected chi connectivity index (χ4v) is 1.12. The minimum atomic E-state index is -0.416. The Balaban J connectivity index is 2.94. The molecule has 13 heavy (non-hydrogen) atoms. The van der Waals surface area contributed by atoms with Gasteiger partial charge < -0.3 is 14.5 Å². The summed E-state index contributed by atoms with van der Waals surface area (Å²) in [6, 6.07) is 1.67. The molecule has 4 heteroatoms. The number of H-pyrrole nitrogens is 1. The quantitative estimate of drug-likeness (QED) is 0.555. The molecule has 0 unspecified atom stereocenters. The Morgan fingerprint density at radius 1 is 1.69 bits per heavy atom. The monoisotopic (exact) mass is 181 g/mol. The number of hydrogen-bond donors (Lipinski definition) is 1. The van der Waals surface area contributed by atoms with Gasteiger partial charge in [0.1, 0.15) is 12.0 Å². The molecule has 0 aliphatic heterocycles. The van der Waals surface area contributed by atoms with Crippen LogP contribution in [0.4, 0.5) is 0 Å². The summed E-state index contributed by atoms with van der Waals surface area (Å²) in [6.45, 7) is 1.84. The van der Waals surface area contributed by atoms with Gasteiger partial charge in [-0.15, -0.1) is 0 Å². The van der Waals surface area contributed by atoms with Crippen molar-refractivity contribution >= 4 is 12.3 Å². The van der Waals surface area contributed by atoms with Gasteiger partial charge in [0, 0.05) is 12.1 Å². The van der Waals surface area contributed by atoms with Gasteiger partial charge in [0.25, 0.3) is 0 Å². The van der Waals surface area contributed by atoms with Crippen LogP contribution >= 0.6 is 0 Å². The zero-order valence-corrected chi connectivity index (χ0v) is 7.59. The maximum absolute atomic E-state index is 11.0. The fraction of sp³-hybridized carbons (Fsp3) is 0.333.